The van der Waals surface area contributed by atoms with Gasteiger partial charge in [0, 0.05) is 25.6 Å². The molecule has 0 saturated carbocycles. The van der Waals surface area contributed by atoms with Crippen LogP contribution in [0, 0.1) is 0 Å². The SMILES string of the molecule is CSC1CC(=O)N(CCNC(C)C)C1=O. The number of hydrogen-bond acceptors (Lipinski definition) is 4. The van der Waals surface area contributed by atoms with Crippen LogP contribution in [0.5, 0.6) is 0 Å². The van der Waals surface area contributed by atoms with Crippen molar-refractivity contribution < 1.29 is 9.59 Å². The highest BCUT2D eigenvalue weighted by Gasteiger charge is 2.37. The van der Waals surface area contributed by atoms with Gasteiger partial charge in [0.25, 0.3) is 0 Å². The molecule has 1 atom stereocenters. The number of nitrogens with one attached hydrogen (secondary N) is 1. The lowest BCUT2D eigenvalue weighted by Gasteiger charge is -2.16. The predicted octanol–water partition coefficient (Wildman–Crippen LogP) is 0.475. The summed E-state index contributed by atoms with van der Waals surface area (Å²) < 4.78 is 0. The lowest BCUT2D eigenvalue weighted by Crippen LogP contribution is -2.38. The predicted molar refractivity (Wildman–Crippen MR) is 61.8 cm³/mol. The van der Waals surface area contributed by atoms with Crippen molar-refractivity contribution in [3.63, 3.8) is 0 Å². The zero-order valence-corrected chi connectivity index (χ0v) is 10.3. The maximum atomic E-state index is 11.7. The standard InChI is InChI=1S/C10H18N2O2S/c1-7(2)11-4-5-12-9(13)6-8(15-3)10(12)14/h7-8,11H,4-6H2,1-3H3. The molecule has 1 N–H and O–H groups in total. The van der Waals surface area contributed by atoms with Crippen LogP contribution >= 0.6 is 11.8 Å². The third kappa shape index (κ3) is 3.21. The first-order valence-corrected chi connectivity index (χ1v) is 6.45. The summed E-state index contributed by atoms with van der Waals surface area (Å²) in [7, 11) is 0. The van der Waals surface area contributed by atoms with Gasteiger partial charge in [-0.2, -0.15) is 11.8 Å². The van der Waals surface area contributed by atoms with Crippen LogP contribution < -0.4 is 5.32 Å². The molecule has 0 aromatic rings. The number of carbonyl (C=O) groups excluding carboxylic acids is 2. The van der Waals surface area contributed by atoms with E-state index in [0.717, 1.165) is 0 Å². The van der Waals surface area contributed by atoms with Crippen molar-refractivity contribution in [2.24, 2.45) is 0 Å². The molecule has 0 bridgehead atoms. The molecule has 1 saturated heterocycles. The fourth-order valence-electron chi connectivity index (χ4n) is 1.54. The maximum absolute atomic E-state index is 11.7. The summed E-state index contributed by atoms with van der Waals surface area (Å²) in [4.78, 5) is 24.5. The summed E-state index contributed by atoms with van der Waals surface area (Å²) in [6.45, 7) is 5.25. The highest BCUT2D eigenvalue weighted by molar-refractivity contribution is 8.00. The van der Waals surface area contributed by atoms with E-state index in [-0.39, 0.29) is 17.1 Å². The van der Waals surface area contributed by atoms with Gasteiger partial charge in [0.05, 0.1) is 5.25 Å². The van der Waals surface area contributed by atoms with Crippen molar-refractivity contribution in [1.82, 2.24) is 10.2 Å². The minimum absolute atomic E-state index is 0.0296. The van der Waals surface area contributed by atoms with Crippen molar-refractivity contribution in [2.75, 3.05) is 19.3 Å². The average molecular weight is 230 g/mol. The van der Waals surface area contributed by atoms with Gasteiger partial charge in [-0.05, 0) is 6.26 Å². The Morgan fingerprint density at radius 1 is 1.53 bits per heavy atom. The lowest BCUT2D eigenvalue weighted by molar-refractivity contribution is -0.138. The summed E-state index contributed by atoms with van der Waals surface area (Å²) in [6.07, 6.45) is 2.23. The Morgan fingerprint density at radius 3 is 2.67 bits per heavy atom. The Morgan fingerprint density at radius 2 is 2.20 bits per heavy atom. The zero-order chi connectivity index (χ0) is 11.4. The molecule has 0 spiro atoms. The molecular formula is C10H18N2O2S. The largest absolute Gasteiger partial charge is 0.313 e. The third-order valence-electron chi connectivity index (χ3n) is 2.38. The number of imide groups is 1. The second kappa shape index (κ2) is 5.51. The Hall–Kier alpha value is -0.550. The Kier molecular flexibility index (Phi) is 4.60. The van der Waals surface area contributed by atoms with E-state index < -0.39 is 0 Å². The van der Waals surface area contributed by atoms with Gasteiger partial charge in [0.2, 0.25) is 11.8 Å². The molecular weight excluding hydrogens is 212 g/mol. The number of carbonyl (C=O) groups is 2. The van der Waals surface area contributed by atoms with Gasteiger partial charge < -0.3 is 5.32 Å². The summed E-state index contributed by atoms with van der Waals surface area (Å²) in [5.74, 6) is -0.0667. The fraction of sp³-hybridized carbons (Fsp3) is 0.800. The summed E-state index contributed by atoms with van der Waals surface area (Å²) in [5.41, 5.74) is 0. The highest BCUT2D eigenvalue weighted by Crippen LogP contribution is 2.22. The van der Waals surface area contributed by atoms with E-state index in [1.54, 1.807) is 0 Å². The fourth-order valence-corrected chi connectivity index (χ4v) is 2.18. The average Bonchev–Trinajstić information content (AvgIpc) is 2.44. The van der Waals surface area contributed by atoms with Crippen molar-refractivity contribution in [3.05, 3.63) is 0 Å². The van der Waals surface area contributed by atoms with Crippen LogP contribution in [0.2, 0.25) is 0 Å². The molecule has 5 heteroatoms. The number of thioether (sulfide) groups is 1. The monoisotopic (exact) mass is 230 g/mol. The maximum Gasteiger partial charge on any atom is 0.242 e. The first-order chi connectivity index (χ1) is 7.06. The summed E-state index contributed by atoms with van der Waals surface area (Å²) in [6, 6.07) is 0.383. The molecule has 1 fully saturated rings. The molecule has 0 radical (unpaired) electrons. The van der Waals surface area contributed by atoms with Gasteiger partial charge in [-0.15, -0.1) is 0 Å². The van der Waals surface area contributed by atoms with Crippen LogP contribution in [0.15, 0.2) is 0 Å². The molecule has 1 unspecified atom stereocenters. The number of rotatable bonds is 5. The molecule has 1 heterocycles. The molecule has 4 nitrogen and oxygen atoms in total. The van der Waals surface area contributed by atoms with Crippen LogP contribution in [0.25, 0.3) is 0 Å². The number of hydrogen-bond donors (Lipinski definition) is 1. The van der Waals surface area contributed by atoms with Gasteiger partial charge in [-0.1, -0.05) is 13.8 Å². The highest BCUT2D eigenvalue weighted by atomic mass is 32.2. The minimum atomic E-state index is -0.156. The van der Waals surface area contributed by atoms with Crippen LogP contribution in [-0.4, -0.2) is 47.4 Å². The number of nitrogens with zero attached hydrogens (tertiary/aromatic N) is 1. The minimum Gasteiger partial charge on any atom is -0.313 e. The van der Waals surface area contributed by atoms with E-state index in [0.29, 0.717) is 25.6 Å². The van der Waals surface area contributed by atoms with Crippen LogP contribution in [0.3, 0.4) is 0 Å². The van der Waals surface area contributed by atoms with E-state index in [9.17, 15) is 9.59 Å². The van der Waals surface area contributed by atoms with E-state index in [4.69, 9.17) is 0 Å². The van der Waals surface area contributed by atoms with Gasteiger partial charge >= 0.3 is 0 Å². The van der Waals surface area contributed by atoms with Gasteiger partial charge in [-0.25, -0.2) is 0 Å². The van der Waals surface area contributed by atoms with Gasteiger partial charge in [0.15, 0.2) is 0 Å². The molecule has 86 valence electrons. The lowest BCUT2D eigenvalue weighted by atomic mass is 10.4. The molecule has 1 aliphatic rings. The van der Waals surface area contributed by atoms with Gasteiger partial charge in [0.1, 0.15) is 0 Å². The van der Waals surface area contributed by atoms with E-state index in [1.807, 2.05) is 20.1 Å². The van der Waals surface area contributed by atoms with Gasteiger partial charge in [-0.3, -0.25) is 14.5 Å². The zero-order valence-electron chi connectivity index (χ0n) is 9.45. The Labute approximate surface area is 94.8 Å². The molecule has 2 amide bonds. The second-order valence-corrected chi connectivity index (χ2v) is 4.96. The molecule has 15 heavy (non-hydrogen) atoms. The van der Waals surface area contributed by atoms with E-state index in [2.05, 4.69) is 5.32 Å². The first-order valence-electron chi connectivity index (χ1n) is 5.16. The summed E-state index contributed by atoms with van der Waals surface area (Å²) >= 11 is 1.46. The van der Waals surface area contributed by atoms with Crippen molar-refractivity contribution in [3.8, 4) is 0 Å². The molecule has 0 aromatic carbocycles. The number of amides is 2. The topological polar surface area (TPSA) is 49.4 Å². The van der Waals surface area contributed by atoms with E-state index >= 15 is 0 Å². The Balaban J connectivity index is 2.41. The van der Waals surface area contributed by atoms with Crippen molar-refractivity contribution >= 4 is 23.6 Å². The molecule has 0 aliphatic carbocycles. The normalized spacial score (nSPS) is 21.9. The molecule has 1 rings (SSSR count). The van der Waals surface area contributed by atoms with Crippen LogP contribution in [0.4, 0.5) is 0 Å². The van der Waals surface area contributed by atoms with Crippen molar-refractivity contribution in [1.29, 1.82) is 0 Å². The molecule has 0 aromatic heterocycles. The molecule has 1 aliphatic heterocycles. The van der Waals surface area contributed by atoms with Crippen LogP contribution in [-0.2, 0) is 9.59 Å². The smallest absolute Gasteiger partial charge is 0.242 e. The quantitative estimate of drug-likeness (QED) is 0.698. The van der Waals surface area contributed by atoms with E-state index in [1.165, 1.54) is 16.7 Å². The second-order valence-electron chi connectivity index (χ2n) is 3.92. The number of likely N-dealkylation sites (tertiary alicyclic amines) is 1. The third-order valence-corrected chi connectivity index (χ3v) is 3.31. The Bertz CT molecular complexity index is 256. The van der Waals surface area contributed by atoms with Crippen molar-refractivity contribution in [2.45, 2.75) is 31.6 Å². The summed E-state index contributed by atoms with van der Waals surface area (Å²) in [5, 5.41) is 3.04. The first kappa shape index (κ1) is 12.5. The van der Waals surface area contributed by atoms with Crippen LogP contribution in [0.1, 0.15) is 20.3 Å².